The van der Waals surface area contributed by atoms with E-state index in [1.165, 1.54) is 11.8 Å². The number of hydrogen-bond donors (Lipinski definition) is 4. The predicted octanol–water partition coefficient (Wildman–Crippen LogP) is 5.13. The van der Waals surface area contributed by atoms with Crippen LogP contribution in [0.2, 0.25) is 0 Å². The number of likely N-dealkylation sites (N-methyl/N-ethyl adjacent to an activating group) is 1. The van der Waals surface area contributed by atoms with E-state index in [-0.39, 0.29) is 17.6 Å². The predicted molar refractivity (Wildman–Crippen MR) is 143 cm³/mol. The van der Waals surface area contributed by atoms with Crippen molar-refractivity contribution >= 4 is 29.4 Å². The Morgan fingerprint density at radius 1 is 1.14 bits per heavy atom. The summed E-state index contributed by atoms with van der Waals surface area (Å²) in [6.45, 7) is 9.14. The van der Waals surface area contributed by atoms with Crippen LogP contribution in [0.25, 0.3) is 0 Å². The van der Waals surface area contributed by atoms with Gasteiger partial charge < -0.3 is 16.0 Å². The van der Waals surface area contributed by atoms with Gasteiger partial charge in [-0.3, -0.25) is 15.2 Å². The molecule has 1 aromatic carbocycles. The average Bonchev–Trinajstić information content (AvgIpc) is 3.06. The van der Waals surface area contributed by atoms with Crippen LogP contribution < -0.4 is 16.0 Å². The second-order valence-corrected chi connectivity index (χ2v) is 9.46. The number of aromatic nitrogens is 2. The summed E-state index contributed by atoms with van der Waals surface area (Å²) >= 11 is 0. The summed E-state index contributed by atoms with van der Waals surface area (Å²) in [6.07, 6.45) is 5.45. The van der Waals surface area contributed by atoms with Crippen LogP contribution in [0.3, 0.4) is 0 Å². The second-order valence-electron chi connectivity index (χ2n) is 9.46. The number of nitrogens with zero attached hydrogens (tertiary/aromatic N) is 3. The van der Waals surface area contributed by atoms with Gasteiger partial charge in [-0.05, 0) is 59.4 Å². The van der Waals surface area contributed by atoms with E-state index in [1.54, 1.807) is 18.5 Å². The van der Waals surface area contributed by atoms with Crippen LogP contribution in [0, 0.1) is 19.3 Å². The van der Waals surface area contributed by atoms with Crippen molar-refractivity contribution in [3.8, 4) is 0 Å². The smallest absolute Gasteiger partial charge is 0.320 e. The van der Waals surface area contributed by atoms with Crippen molar-refractivity contribution in [2.75, 3.05) is 24.2 Å². The summed E-state index contributed by atoms with van der Waals surface area (Å²) in [5.74, 6) is 0.401. The number of pyridine rings is 2. The summed E-state index contributed by atoms with van der Waals surface area (Å²) < 4.78 is 0. The van der Waals surface area contributed by atoms with Gasteiger partial charge in [0, 0.05) is 47.5 Å². The number of carbonyl (C=O) groups excluding carboxylic acids is 1. The number of rotatable bonds is 5. The summed E-state index contributed by atoms with van der Waals surface area (Å²) in [5.41, 5.74) is 4.46. The van der Waals surface area contributed by atoms with Crippen LogP contribution >= 0.6 is 0 Å². The summed E-state index contributed by atoms with van der Waals surface area (Å²) in [4.78, 5) is 23.0. The molecule has 1 aliphatic heterocycles. The number of likely N-dealkylation sites (tertiary alicyclic amines) is 1. The van der Waals surface area contributed by atoms with Crippen molar-refractivity contribution in [2.24, 2.45) is 0 Å². The molecule has 0 bridgehead atoms. The van der Waals surface area contributed by atoms with E-state index in [0.717, 1.165) is 24.3 Å². The van der Waals surface area contributed by atoms with E-state index >= 15 is 0 Å². The molecule has 1 unspecified atom stereocenters. The first kappa shape index (κ1) is 25.8. The van der Waals surface area contributed by atoms with E-state index in [9.17, 15) is 4.79 Å². The number of urea groups is 1. The minimum Gasteiger partial charge on any atom is -0.354 e. The topological polar surface area (TPSA) is 106 Å². The minimum atomic E-state index is -0.287. The van der Waals surface area contributed by atoms with Gasteiger partial charge in [-0.25, -0.2) is 9.78 Å². The van der Waals surface area contributed by atoms with Crippen LogP contribution in [0.4, 0.5) is 22.0 Å². The fraction of sp³-hybridized carbons (Fsp3) is 0.333. The van der Waals surface area contributed by atoms with Crippen LogP contribution in [-0.2, 0) is 0 Å². The Hall–Kier alpha value is -3.78. The zero-order valence-corrected chi connectivity index (χ0v) is 21.1. The van der Waals surface area contributed by atoms with Gasteiger partial charge in [-0.1, -0.05) is 35.9 Å². The van der Waals surface area contributed by atoms with Crippen LogP contribution in [0.1, 0.15) is 37.1 Å². The van der Waals surface area contributed by atoms with Crippen LogP contribution in [0.15, 0.2) is 60.9 Å². The number of carbonyl (C=O) groups is 1. The number of amides is 2. The van der Waals surface area contributed by atoms with Gasteiger partial charge >= 0.3 is 6.03 Å². The highest BCUT2D eigenvalue weighted by Gasteiger charge is 2.36. The molecule has 1 saturated heterocycles. The standard InChI is InChI=1S/C20H27N7O.C7H8/c1-13-7-15(5-6-22-13)24-17-11-23-18(8-14(17)10-21)26-19(28)25-16-9-20(2,3)27(4)12-16;1-7-5-3-2-4-6-7/h5-8,10-11,16,21H,9,12H2,1-4H3,(H,22,24)(H2,23,25,26,28);2-6H,1H3. The molecule has 1 aliphatic rings. The molecule has 1 fully saturated rings. The van der Waals surface area contributed by atoms with Gasteiger partial charge in [0.1, 0.15) is 5.82 Å². The minimum absolute atomic E-state index is 0.0716. The molecule has 3 aromatic rings. The number of nitrogens with one attached hydrogen (secondary N) is 4. The van der Waals surface area contributed by atoms with Gasteiger partial charge in [0.2, 0.25) is 0 Å². The molecule has 2 amide bonds. The summed E-state index contributed by atoms with van der Waals surface area (Å²) in [5, 5.41) is 16.7. The molecule has 0 saturated carbocycles. The maximum absolute atomic E-state index is 12.3. The molecule has 0 spiro atoms. The van der Waals surface area contributed by atoms with Crippen molar-refractivity contribution in [3.05, 3.63) is 77.7 Å². The molecule has 8 nitrogen and oxygen atoms in total. The second kappa shape index (κ2) is 11.6. The van der Waals surface area contributed by atoms with E-state index in [4.69, 9.17) is 5.41 Å². The highest BCUT2D eigenvalue weighted by atomic mass is 16.2. The highest BCUT2D eigenvalue weighted by molar-refractivity contribution is 5.92. The lowest BCUT2D eigenvalue weighted by Crippen LogP contribution is -2.39. The fourth-order valence-electron chi connectivity index (χ4n) is 3.91. The van der Waals surface area contributed by atoms with Crippen molar-refractivity contribution in [1.82, 2.24) is 20.2 Å². The lowest BCUT2D eigenvalue weighted by atomic mass is 10.0. The van der Waals surface area contributed by atoms with Crippen molar-refractivity contribution in [1.29, 1.82) is 5.41 Å². The van der Waals surface area contributed by atoms with Crippen molar-refractivity contribution in [2.45, 2.75) is 45.7 Å². The van der Waals surface area contributed by atoms with Crippen molar-refractivity contribution < 1.29 is 4.79 Å². The zero-order valence-electron chi connectivity index (χ0n) is 21.1. The van der Waals surface area contributed by atoms with Gasteiger partial charge in [0.05, 0.1) is 11.9 Å². The monoisotopic (exact) mass is 473 g/mol. The highest BCUT2D eigenvalue weighted by Crippen LogP contribution is 2.27. The number of aryl methyl sites for hydroxylation is 2. The maximum Gasteiger partial charge on any atom is 0.320 e. The third-order valence-electron chi connectivity index (χ3n) is 6.06. The molecule has 35 heavy (non-hydrogen) atoms. The first-order chi connectivity index (χ1) is 16.7. The van der Waals surface area contributed by atoms with E-state index in [1.807, 2.05) is 37.3 Å². The van der Waals surface area contributed by atoms with Gasteiger partial charge in [0.15, 0.2) is 0 Å². The average molecular weight is 474 g/mol. The Morgan fingerprint density at radius 3 is 2.46 bits per heavy atom. The SMILES string of the molecule is Cc1cc(Nc2cnc(NC(=O)NC3CN(C)C(C)(C)C3)cc2C=N)ccn1.Cc1ccccc1. The Bertz CT molecular complexity index is 1150. The molecule has 4 rings (SSSR count). The van der Waals surface area contributed by atoms with Crippen molar-refractivity contribution in [3.63, 3.8) is 0 Å². The molecule has 184 valence electrons. The van der Waals surface area contributed by atoms with E-state index in [0.29, 0.717) is 17.1 Å². The Balaban J connectivity index is 0.000000420. The largest absolute Gasteiger partial charge is 0.354 e. The molecular weight excluding hydrogens is 438 g/mol. The Morgan fingerprint density at radius 2 is 1.89 bits per heavy atom. The van der Waals surface area contributed by atoms with Gasteiger partial charge in [-0.15, -0.1) is 0 Å². The molecule has 4 N–H and O–H groups in total. The van der Waals surface area contributed by atoms with Gasteiger partial charge in [0.25, 0.3) is 0 Å². The molecule has 0 aliphatic carbocycles. The maximum atomic E-state index is 12.3. The molecular formula is C27H35N7O. The lowest BCUT2D eigenvalue weighted by Gasteiger charge is -2.26. The summed E-state index contributed by atoms with van der Waals surface area (Å²) in [6, 6.07) is 15.5. The Kier molecular flexibility index (Phi) is 8.54. The molecule has 8 heteroatoms. The molecule has 1 atom stereocenters. The third kappa shape index (κ3) is 7.61. The first-order valence-corrected chi connectivity index (χ1v) is 11.7. The number of anilines is 3. The first-order valence-electron chi connectivity index (χ1n) is 11.7. The number of benzene rings is 1. The van der Waals surface area contributed by atoms with Crippen LogP contribution in [-0.4, -0.2) is 52.3 Å². The lowest BCUT2D eigenvalue weighted by molar-refractivity contribution is 0.218. The molecule has 2 aromatic heterocycles. The van der Waals surface area contributed by atoms with Crippen LogP contribution in [0.5, 0.6) is 0 Å². The Labute approximate surface area is 207 Å². The normalized spacial score (nSPS) is 16.5. The molecule has 3 heterocycles. The fourth-order valence-corrected chi connectivity index (χ4v) is 3.91. The summed E-state index contributed by atoms with van der Waals surface area (Å²) in [7, 11) is 2.06. The zero-order chi connectivity index (χ0) is 25.4. The number of hydrogen-bond acceptors (Lipinski definition) is 6. The third-order valence-corrected chi connectivity index (χ3v) is 6.06. The van der Waals surface area contributed by atoms with Gasteiger partial charge in [-0.2, -0.15) is 0 Å². The van der Waals surface area contributed by atoms with E-state index in [2.05, 4.69) is 70.8 Å². The molecule has 0 radical (unpaired) electrons. The van der Waals surface area contributed by atoms with E-state index < -0.39 is 0 Å². The quantitative estimate of drug-likeness (QED) is 0.385.